The van der Waals surface area contributed by atoms with Crippen LogP contribution in [0, 0.1) is 23.2 Å². The number of nitrogens with one attached hydrogen (secondary N) is 3. The number of rotatable bonds is 11. The summed E-state index contributed by atoms with van der Waals surface area (Å²) in [6.07, 6.45) is 6.13. The van der Waals surface area contributed by atoms with E-state index in [1.165, 1.54) is 11.0 Å². The third kappa shape index (κ3) is 9.84. The predicted molar refractivity (Wildman–Crippen MR) is 140 cm³/mol. The first-order chi connectivity index (χ1) is 17.3. The molecule has 0 atom stereocenters. The van der Waals surface area contributed by atoms with Gasteiger partial charge in [-0.25, -0.2) is 4.98 Å². The molecule has 3 N–H and O–H groups in total. The molecule has 2 rings (SSSR count). The highest BCUT2D eigenvalue weighted by molar-refractivity contribution is 5.91. The molecule has 0 fully saturated rings. The molecule has 0 saturated carbocycles. The van der Waals surface area contributed by atoms with Crippen LogP contribution in [0.5, 0.6) is 0 Å². The summed E-state index contributed by atoms with van der Waals surface area (Å²) >= 11 is 0. The summed E-state index contributed by atoms with van der Waals surface area (Å²) in [5.74, 6) is 6.71. The van der Waals surface area contributed by atoms with E-state index < -0.39 is 0 Å². The Balaban J connectivity index is 1.77. The molecule has 0 aliphatic heterocycles. The van der Waals surface area contributed by atoms with Gasteiger partial charge in [0, 0.05) is 45.4 Å². The van der Waals surface area contributed by atoms with Gasteiger partial charge in [-0.15, -0.1) is 0 Å². The zero-order valence-corrected chi connectivity index (χ0v) is 21.1. The Kier molecular flexibility index (Phi) is 11.4. The van der Waals surface area contributed by atoms with E-state index in [0.29, 0.717) is 48.8 Å². The van der Waals surface area contributed by atoms with Crippen LogP contribution in [0.1, 0.15) is 24.0 Å². The number of carbonyl (C=O) groups excluding carboxylic acids is 2. The summed E-state index contributed by atoms with van der Waals surface area (Å²) in [6.45, 7) is 1.13. The molecule has 0 aliphatic carbocycles. The van der Waals surface area contributed by atoms with E-state index in [0.717, 1.165) is 5.69 Å². The SMILES string of the molecule is CNc1nc(Nc2ccc(C#N)cc2)ncc1C#CCCCNC(=O)CN(C)C(=O)/C=C/CN(C)C. The van der Waals surface area contributed by atoms with Crippen molar-refractivity contribution in [2.24, 2.45) is 0 Å². The lowest BCUT2D eigenvalue weighted by Gasteiger charge is -2.14. The average molecular weight is 489 g/mol. The zero-order chi connectivity index (χ0) is 26.3. The summed E-state index contributed by atoms with van der Waals surface area (Å²) in [6, 6.07) is 9.08. The van der Waals surface area contributed by atoms with Gasteiger partial charge in [-0.1, -0.05) is 17.9 Å². The lowest BCUT2D eigenvalue weighted by atomic mass is 10.2. The third-order valence-electron chi connectivity index (χ3n) is 4.81. The standard InChI is InChI=1S/C26H32N8O2/c1-28-25-21(18-30-26(32-25)31-22-13-11-20(17-27)12-14-22)9-6-5-7-15-29-23(35)19-34(4)24(36)10-8-16-33(2)3/h8,10-14,18H,5,7,15-16,19H2,1-4H3,(H,29,35)(H2,28,30,31,32)/b10-8+. The number of benzene rings is 1. The fourth-order valence-electron chi connectivity index (χ4n) is 2.88. The molecule has 1 heterocycles. The summed E-state index contributed by atoms with van der Waals surface area (Å²) in [5.41, 5.74) is 2.01. The summed E-state index contributed by atoms with van der Waals surface area (Å²) in [5, 5.41) is 17.8. The summed E-state index contributed by atoms with van der Waals surface area (Å²) < 4.78 is 0. The van der Waals surface area contributed by atoms with Crippen molar-refractivity contribution in [1.29, 1.82) is 5.26 Å². The van der Waals surface area contributed by atoms with Gasteiger partial charge in [-0.2, -0.15) is 10.2 Å². The number of hydrogen-bond donors (Lipinski definition) is 3. The molecule has 0 saturated heterocycles. The monoisotopic (exact) mass is 488 g/mol. The first-order valence-corrected chi connectivity index (χ1v) is 11.5. The molecule has 0 aliphatic rings. The largest absolute Gasteiger partial charge is 0.372 e. The van der Waals surface area contributed by atoms with Gasteiger partial charge in [0.2, 0.25) is 17.8 Å². The van der Waals surface area contributed by atoms with Gasteiger partial charge in [-0.3, -0.25) is 9.59 Å². The van der Waals surface area contributed by atoms with Crippen LogP contribution in [-0.2, 0) is 9.59 Å². The van der Waals surface area contributed by atoms with Crippen LogP contribution in [0.4, 0.5) is 17.5 Å². The van der Waals surface area contributed by atoms with Crippen molar-refractivity contribution in [3.05, 3.63) is 53.7 Å². The zero-order valence-electron chi connectivity index (χ0n) is 21.1. The molecule has 2 amide bonds. The van der Waals surface area contributed by atoms with E-state index in [9.17, 15) is 9.59 Å². The van der Waals surface area contributed by atoms with Crippen molar-refractivity contribution in [2.75, 3.05) is 58.5 Å². The molecule has 10 heteroatoms. The second-order valence-electron chi connectivity index (χ2n) is 8.13. The van der Waals surface area contributed by atoms with Gasteiger partial charge in [0.15, 0.2) is 0 Å². The van der Waals surface area contributed by atoms with Crippen molar-refractivity contribution < 1.29 is 9.59 Å². The Morgan fingerprint density at radius 3 is 2.58 bits per heavy atom. The van der Waals surface area contributed by atoms with Gasteiger partial charge in [-0.05, 0) is 44.8 Å². The second-order valence-corrected chi connectivity index (χ2v) is 8.13. The molecule has 1 aromatic heterocycles. The number of anilines is 3. The van der Waals surface area contributed by atoms with E-state index in [1.807, 2.05) is 19.0 Å². The fourth-order valence-corrected chi connectivity index (χ4v) is 2.88. The maximum absolute atomic E-state index is 12.1. The quantitative estimate of drug-likeness (QED) is 0.249. The molecule has 2 aromatic rings. The molecule has 0 bridgehead atoms. The van der Waals surface area contributed by atoms with Gasteiger partial charge >= 0.3 is 0 Å². The Labute approximate surface area is 212 Å². The van der Waals surface area contributed by atoms with Crippen molar-refractivity contribution in [3.8, 4) is 17.9 Å². The fraction of sp³-hybridized carbons (Fsp3) is 0.346. The molecule has 188 valence electrons. The van der Waals surface area contributed by atoms with Crippen LogP contribution in [0.3, 0.4) is 0 Å². The molecule has 10 nitrogen and oxygen atoms in total. The molecular formula is C26H32N8O2. The highest BCUT2D eigenvalue weighted by Crippen LogP contribution is 2.17. The Morgan fingerprint density at radius 2 is 1.92 bits per heavy atom. The second kappa shape index (κ2) is 14.8. The lowest BCUT2D eigenvalue weighted by molar-refractivity contribution is -0.131. The summed E-state index contributed by atoms with van der Waals surface area (Å²) in [7, 11) is 7.18. The van der Waals surface area contributed by atoms with Gasteiger partial charge in [0.05, 0.1) is 29.9 Å². The van der Waals surface area contributed by atoms with Crippen molar-refractivity contribution >= 4 is 29.3 Å². The number of hydrogen-bond acceptors (Lipinski definition) is 8. The Hall–Kier alpha value is -4.41. The number of nitrogens with zero attached hydrogens (tertiary/aromatic N) is 5. The molecular weight excluding hydrogens is 456 g/mol. The topological polar surface area (TPSA) is 126 Å². The van der Waals surface area contributed by atoms with E-state index in [2.05, 4.69) is 43.8 Å². The van der Waals surface area contributed by atoms with E-state index >= 15 is 0 Å². The first kappa shape index (κ1) is 27.8. The number of likely N-dealkylation sites (N-methyl/N-ethyl adjacent to an activating group) is 2. The number of aromatic nitrogens is 2. The van der Waals surface area contributed by atoms with E-state index in [4.69, 9.17) is 5.26 Å². The number of nitriles is 1. The van der Waals surface area contributed by atoms with Gasteiger partial charge in [0.25, 0.3) is 0 Å². The van der Waals surface area contributed by atoms with E-state index in [-0.39, 0.29) is 18.4 Å². The first-order valence-electron chi connectivity index (χ1n) is 11.5. The van der Waals surface area contributed by atoms with E-state index in [1.54, 1.807) is 50.6 Å². The normalized spacial score (nSPS) is 10.3. The van der Waals surface area contributed by atoms with Crippen LogP contribution in [-0.4, -0.2) is 79.4 Å². The number of amides is 2. The van der Waals surface area contributed by atoms with Crippen LogP contribution in [0.2, 0.25) is 0 Å². The van der Waals surface area contributed by atoms with Crippen LogP contribution >= 0.6 is 0 Å². The highest BCUT2D eigenvalue weighted by atomic mass is 16.2. The number of carbonyl (C=O) groups is 2. The lowest BCUT2D eigenvalue weighted by Crippen LogP contribution is -2.38. The summed E-state index contributed by atoms with van der Waals surface area (Å²) in [4.78, 5) is 36.1. The minimum Gasteiger partial charge on any atom is -0.372 e. The molecule has 36 heavy (non-hydrogen) atoms. The van der Waals surface area contributed by atoms with Crippen LogP contribution in [0.25, 0.3) is 0 Å². The van der Waals surface area contributed by atoms with Crippen molar-refractivity contribution in [2.45, 2.75) is 12.8 Å². The third-order valence-corrected chi connectivity index (χ3v) is 4.81. The van der Waals surface area contributed by atoms with Crippen molar-refractivity contribution in [3.63, 3.8) is 0 Å². The maximum atomic E-state index is 12.1. The molecule has 1 aromatic carbocycles. The van der Waals surface area contributed by atoms with Gasteiger partial charge in [0.1, 0.15) is 5.82 Å². The van der Waals surface area contributed by atoms with Gasteiger partial charge < -0.3 is 25.8 Å². The smallest absolute Gasteiger partial charge is 0.246 e. The van der Waals surface area contributed by atoms with Crippen LogP contribution in [0.15, 0.2) is 42.6 Å². The minimum absolute atomic E-state index is 0.00252. The molecule has 0 unspecified atom stereocenters. The highest BCUT2D eigenvalue weighted by Gasteiger charge is 2.10. The van der Waals surface area contributed by atoms with Crippen molar-refractivity contribution in [1.82, 2.24) is 25.1 Å². The predicted octanol–water partition coefficient (Wildman–Crippen LogP) is 1.96. The molecule has 0 radical (unpaired) electrons. The Morgan fingerprint density at radius 1 is 1.17 bits per heavy atom. The molecule has 0 spiro atoms. The average Bonchev–Trinajstić information content (AvgIpc) is 2.86. The minimum atomic E-state index is -0.212. The Bertz CT molecular complexity index is 1160. The van der Waals surface area contributed by atoms with Crippen LogP contribution < -0.4 is 16.0 Å². The maximum Gasteiger partial charge on any atom is 0.246 e. The number of unbranched alkanes of at least 4 members (excludes halogenated alkanes) is 1.